The Morgan fingerprint density at radius 2 is 2.07 bits per heavy atom. The molecule has 0 bridgehead atoms. The van der Waals surface area contributed by atoms with Crippen LogP contribution in [0.15, 0.2) is 18.2 Å². The van der Waals surface area contributed by atoms with Gasteiger partial charge in [-0.05, 0) is 37.5 Å². The summed E-state index contributed by atoms with van der Waals surface area (Å²) in [4.78, 5) is 0. The van der Waals surface area contributed by atoms with Gasteiger partial charge in [-0.1, -0.05) is 12.1 Å². The van der Waals surface area contributed by atoms with E-state index in [1.165, 1.54) is 0 Å². The smallest absolute Gasteiger partial charge is 0.0451 e. The zero-order valence-corrected chi connectivity index (χ0v) is 8.75. The summed E-state index contributed by atoms with van der Waals surface area (Å²) >= 11 is 0. The van der Waals surface area contributed by atoms with Crippen molar-refractivity contribution in [2.45, 2.75) is 25.8 Å². The maximum absolute atomic E-state index is 8.88. The summed E-state index contributed by atoms with van der Waals surface area (Å²) < 4.78 is 0. The minimum absolute atomic E-state index is 0.0937. The third-order valence-corrected chi connectivity index (χ3v) is 2.56. The zero-order valence-electron chi connectivity index (χ0n) is 8.75. The molecule has 1 atom stereocenters. The molecule has 0 fully saturated rings. The maximum atomic E-state index is 8.88. The van der Waals surface area contributed by atoms with Crippen LogP contribution in [-0.2, 0) is 5.54 Å². The number of aliphatic hydroxyl groups excluding tert-OH is 1. The topological polar surface area (TPSA) is 72.3 Å². The van der Waals surface area contributed by atoms with Gasteiger partial charge in [-0.25, -0.2) is 0 Å². The second-order valence-corrected chi connectivity index (χ2v) is 3.96. The average molecular weight is 194 g/mol. The Kier molecular flexibility index (Phi) is 3.13. The Hall–Kier alpha value is -1.06. The number of hydrogen-bond acceptors (Lipinski definition) is 3. The van der Waals surface area contributed by atoms with E-state index in [9.17, 15) is 0 Å². The van der Waals surface area contributed by atoms with E-state index in [0.29, 0.717) is 6.42 Å². The molecule has 14 heavy (non-hydrogen) atoms. The van der Waals surface area contributed by atoms with Crippen molar-refractivity contribution in [1.82, 2.24) is 0 Å². The Bertz CT molecular complexity index is 321. The van der Waals surface area contributed by atoms with Gasteiger partial charge in [0, 0.05) is 17.8 Å². The second kappa shape index (κ2) is 3.98. The van der Waals surface area contributed by atoms with E-state index >= 15 is 0 Å². The minimum atomic E-state index is -0.479. The largest absolute Gasteiger partial charge is 0.399 e. The van der Waals surface area contributed by atoms with Crippen molar-refractivity contribution >= 4 is 5.69 Å². The van der Waals surface area contributed by atoms with Gasteiger partial charge in [-0.3, -0.25) is 0 Å². The molecule has 0 saturated heterocycles. The van der Waals surface area contributed by atoms with E-state index in [2.05, 4.69) is 0 Å². The zero-order chi connectivity index (χ0) is 10.8. The van der Waals surface area contributed by atoms with Crippen molar-refractivity contribution < 1.29 is 5.11 Å². The number of aliphatic hydroxyl groups is 1. The first-order chi connectivity index (χ1) is 6.47. The van der Waals surface area contributed by atoms with E-state index in [1.807, 2.05) is 32.0 Å². The maximum Gasteiger partial charge on any atom is 0.0451 e. The standard InChI is InChI=1S/C11H18N2O/c1-8-7-9(3-4-10(8)12)11(2,13)5-6-14/h3-4,7,14H,5-6,12-13H2,1-2H3. The van der Waals surface area contributed by atoms with Gasteiger partial charge >= 0.3 is 0 Å². The summed E-state index contributed by atoms with van der Waals surface area (Å²) in [6.45, 7) is 3.96. The number of rotatable bonds is 3. The molecule has 1 rings (SSSR count). The van der Waals surface area contributed by atoms with E-state index in [4.69, 9.17) is 16.6 Å². The Labute approximate surface area is 84.7 Å². The Morgan fingerprint density at radius 1 is 1.43 bits per heavy atom. The third kappa shape index (κ3) is 2.25. The molecule has 0 heterocycles. The molecule has 1 unspecified atom stereocenters. The predicted molar refractivity (Wildman–Crippen MR) is 58.8 cm³/mol. The number of anilines is 1. The van der Waals surface area contributed by atoms with Crippen LogP contribution < -0.4 is 11.5 Å². The molecule has 0 saturated carbocycles. The number of nitrogen functional groups attached to an aromatic ring is 1. The third-order valence-electron chi connectivity index (χ3n) is 2.56. The lowest BCUT2D eigenvalue weighted by molar-refractivity contribution is 0.247. The van der Waals surface area contributed by atoms with Gasteiger partial charge in [-0.15, -0.1) is 0 Å². The molecule has 0 spiro atoms. The van der Waals surface area contributed by atoms with Gasteiger partial charge in [0.2, 0.25) is 0 Å². The SMILES string of the molecule is Cc1cc(C(C)(N)CCO)ccc1N. The normalized spacial score (nSPS) is 15.1. The molecule has 0 radical (unpaired) electrons. The fraction of sp³-hybridized carbons (Fsp3) is 0.455. The van der Waals surface area contributed by atoms with Crippen LogP contribution in [0.3, 0.4) is 0 Å². The molecule has 1 aromatic rings. The molecular formula is C11H18N2O. The monoisotopic (exact) mass is 194 g/mol. The molecule has 5 N–H and O–H groups in total. The van der Waals surface area contributed by atoms with Crippen molar-refractivity contribution in [2.24, 2.45) is 5.73 Å². The molecule has 0 aromatic heterocycles. The quantitative estimate of drug-likeness (QED) is 0.632. The second-order valence-electron chi connectivity index (χ2n) is 3.96. The fourth-order valence-corrected chi connectivity index (χ4v) is 1.41. The molecule has 3 nitrogen and oxygen atoms in total. The highest BCUT2D eigenvalue weighted by molar-refractivity contribution is 5.48. The fourth-order valence-electron chi connectivity index (χ4n) is 1.41. The van der Waals surface area contributed by atoms with Gasteiger partial charge in [0.05, 0.1) is 0 Å². The van der Waals surface area contributed by atoms with Crippen LogP contribution in [0.1, 0.15) is 24.5 Å². The molecule has 0 aliphatic heterocycles. The lowest BCUT2D eigenvalue weighted by Gasteiger charge is -2.24. The van der Waals surface area contributed by atoms with Gasteiger partial charge in [-0.2, -0.15) is 0 Å². The highest BCUT2D eigenvalue weighted by Crippen LogP contribution is 2.24. The van der Waals surface area contributed by atoms with Crippen LogP contribution in [0.5, 0.6) is 0 Å². The lowest BCUT2D eigenvalue weighted by Crippen LogP contribution is -2.34. The minimum Gasteiger partial charge on any atom is -0.399 e. The van der Waals surface area contributed by atoms with Gasteiger partial charge in [0.15, 0.2) is 0 Å². The van der Waals surface area contributed by atoms with Gasteiger partial charge in [0.25, 0.3) is 0 Å². The van der Waals surface area contributed by atoms with Crippen molar-refractivity contribution in [3.8, 4) is 0 Å². The lowest BCUT2D eigenvalue weighted by atomic mass is 9.89. The average Bonchev–Trinajstić information content (AvgIpc) is 2.09. The van der Waals surface area contributed by atoms with Crippen molar-refractivity contribution in [3.05, 3.63) is 29.3 Å². The molecule has 0 amide bonds. The summed E-state index contributed by atoms with van der Waals surface area (Å²) in [5.41, 5.74) is 14.1. The summed E-state index contributed by atoms with van der Waals surface area (Å²) in [5.74, 6) is 0. The van der Waals surface area contributed by atoms with Crippen LogP contribution >= 0.6 is 0 Å². The van der Waals surface area contributed by atoms with E-state index in [-0.39, 0.29) is 6.61 Å². The summed E-state index contributed by atoms with van der Waals surface area (Å²) in [7, 11) is 0. The first kappa shape index (κ1) is 11.0. The number of benzene rings is 1. The summed E-state index contributed by atoms with van der Waals surface area (Å²) in [6.07, 6.45) is 0.552. The Balaban J connectivity index is 3.01. The molecule has 78 valence electrons. The van der Waals surface area contributed by atoms with Crippen LogP contribution in [0.25, 0.3) is 0 Å². The first-order valence-electron chi connectivity index (χ1n) is 4.74. The number of nitrogens with two attached hydrogens (primary N) is 2. The first-order valence-corrected chi connectivity index (χ1v) is 4.74. The predicted octanol–water partition coefficient (Wildman–Crippen LogP) is 1.13. The highest BCUT2D eigenvalue weighted by atomic mass is 16.3. The van der Waals surface area contributed by atoms with Crippen molar-refractivity contribution in [3.63, 3.8) is 0 Å². The van der Waals surface area contributed by atoms with Crippen molar-refractivity contribution in [2.75, 3.05) is 12.3 Å². The Morgan fingerprint density at radius 3 is 2.57 bits per heavy atom. The van der Waals surface area contributed by atoms with Crippen LogP contribution in [0.4, 0.5) is 5.69 Å². The molecule has 1 aromatic carbocycles. The van der Waals surface area contributed by atoms with E-state index in [1.54, 1.807) is 0 Å². The molecule has 3 heteroatoms. The number of hydrogen-bond donors (Lipinski definition) is 3. The summed E-state index contributed by atoms with van der Waals surface area (Å²) in [5, 5.41) is 8.88. The summed E-state index contributed by atoms with van der Waals surface area (Å²) in [6, 6.07) is 5.75. The van der Waals surface area contributed by atoms with Crippen LogP contribution in [0, 0.1) is 6.92 Å². The van der Waals surface area contributed by atoms with Gasteiger partial charge < -0.3 is 16.6 Å². The van der Waals surface area contributed by atoms with E-state index < -0.39 is 5.54 Å². The van der Waals surface area contributed by atoms with Crippen LogP contribution in [-0.4, -0.2) is 11.7 Å². The van der Waals surface area contributed by atoms with Crippen molar-refractivity contribution in [1.29, 1.82) is 0 Å². The molecule has 0 aliphatic rings. The molecule has 0 aliphatic carbocycles. The van der Waals surface area contributed by atoms with Gasteiger partial charge in [0.1, 0.15) is 0 Å². The van der Waals surface area contributed by atoms with E-state index in [0.717, 1.165) is 16.8 Å². The molecular weight excluding hydrogens is 176 g/mol. The van der Waals surface area contributed by atoms with Crippen LogP contribution in [0.2, 0.25) is 0 Å². The number of aryl methyl sites for hydroxylation is 1. The highest BCUT2D eigenvalue weighted by Gasteiger charge is 2.20.